The fourth-order valence-corrected chi connectivity index (χ4v) is 1.81. The largest absolute Gasteiger partial charge is 0.368 e. The first-order chi connectivity index (χ1) is 6.90. The van der Waals surface area contributed by atoms with Crippen LogP contribution in [0.1, 0.15) is 25.0 Å². The highest BCUT2D eigenvalue weighted by atomic mass is 16.5. The summed E-state index contributed by atoms with van der Waals surface area (Å²) in [5.41, 5.74) is 1.28. The highest BCUT2D eigenvalue weighted by Gasteiger charge is 2.21. The Hall–Kier alpha value is -0.860. The number of benzene rings is 1. The van der Waals surface area contributed by atoms with Crippen molar-refractivity contribution in [1.29, 1.82) is 0 Å². The number of nitrogens with one attached hydrogen (secondary N) is 1. The summed E-state index contributed by atoms with van der Waals surface area (Å²) in [6.45, 7) is 4.08. The maximum Gasteiger partial charge on any atom is 0.0953 e. The lowest BCUT2D eigenvalue weighted by Gasteiger charge is -2.30. The van der Waals surface area contributed by atoms with Gasteiger partial charge in [0, 0.05) is 13.1 Å². The fraction of sp³-hybridized carbons (Fsp3) is 0.500. The molecule has 0 bridgehead atoms. The van der Waals surface area contributed by atoms with Crippen LogP contribution in [0, 0.1) is 0 Å². The summed E-state index contributed by atoms with van der Waals surface area (Å²) >= 11 is 0. The Morgan fingerprint density at radius 3 is 2.79 bits per heavy atom. The fourth-order valence-electron chi connectivity index (χ4n) is 1.81. The van der Waals surface area contributed by atoms with Gasteiger partial charge >= 0.3 is 0 Å². The molecule has 1 N–H and O–H groups in total. The van der Waals surface area contributed by atoms with Crippen LogP contribution in [0.25, 0.3) is 0 Å². The average molecular weight is 191 g/mol. The maximum atomic E-state index is 5.96. The van der Waals surface area contributed by atoms with Crippen LogP contribution in [0.4, 0.5) is 0 Å². The van der Waals surface area contributed by atoms with Crippen molar-refractivity contribution >= 4 is 0 Å². The Labute approximate surface area is 85.3 Å². The summed E-state index contributed by atoms with van der Waals surface area (Å²) in [7, 11) is 0. The van der Waals surface area contributed by atoms with Gasteiger partial charge in [0.25, 0.3) is 0 Å². The van der Waals surface area contributed by atoms with Crippen LogP contribution < -0.4 is 5.32 Å². The van der Waals surface area contributed by atoms with Gasteiger partial charge in [-0.1, -0.05) is 37.3 Å². The van der Waals surface area contributed by atoms with Crippen LogP contribution in [0.5, 0.6) is 0 Å². The van der Waals surface area contributed by atoms with E-state index in [4.69, 9.17) is 4.74 Å². The van der Waals surface area contributed by atoms with E-state index in [0.717, 1.165) is 19.5 Å². The molecular formula is C12H17NO. The Morgan fingerprint density at radius 1 is 1.29 bits per heavy atom. The normalized spacial score (nSPS) is 27.5. The SMILES string of the molecule is CCC1CNCC(c2ccccc2)O1. The van der Waals surface area contributed by atoms with E-state index in [2.05, 4.69) is 36.5 Å². The topological polar surface area (TPSA) is 21.3 Å². The predicted molar refractivity (Wildman–Crippen MR) is 57.2 cm³/mol. The average Bonchev–Trinajstić information content (AvgIpc) is 2.30. The minimum atomic E-state index is 0.231. The lowest BCUT2D eigenvalue weighted by molar-refractivity contribution is -0.0399. The van der Waals surface area contributed by atoms with Crippen LogP contribution in [0.3, 0.4) is 0 Å². The van der Waals surface area contributed by atoms with E-state index in [-0.39, 0.29) is 6.10 Å². The van der Waals surface area contributed by atoms with E-state index in [1.807, 2.05) is 6.07 Å². The number of morpholine rings is 1. The van der Waals surface area contributed by atoms with Gasteiger partial charge in [0.1, 0.15) is 0 Å². The van der Waals surface area contributed by atoms with E-state index in [1.54, 1.807) is 0 Å². The molecule has 1 saturated heterocycles. The van der Waals surface area contributed by atoms with Gasteiger partial charge in [-0.25, -0.2) is 0 Å². The summed E-state index contributed by atoms with van der Waals surface area (Å²) in [6, 6.07) is 10.4. The Kier molecular flexibility index (Phi) is 3.17. The number of hydrogen-bond acceptors (Lipinski definition) is 2. The third-order valence-electron chi connectivity index (χ3n) is 2.69. The second-order valence-corrected chi connectivity index (χ2v) is 3.72. The van der Waals surface area contributed by atoms with E-state index in [0.29, 0.717) is 6.10 Å². The molecule has 0 aliphatic carbocycles. The molecule has 2 rings (SSSR count). The monoisotopic (exact) mass is 191 g/mol. The quantitative estimate of drug-likeness (QED) is 0.773. The van der Waals surface area contributed by atoms with Gasteiger partial charge in [0.05, 0.1) is 12.2 Å². The van der Waals surface area contributed by atoms with Gasteiger partial charge in [0.15, 0.2) is 0 Å². The number of hydrogen-bond donors (Lipinski definition) is 1. The molecule has 1 aliphatic rings. The molecule has 2 unspecified atom stereocenters. The van der Waals surface area contributed by atoms with Gasteiger partial charge in [0.2, 0.25) is 0 Å². The molecule has 2 nitrogen and oxygen atoms in total. The molecule has 1 aromatic rings. The van der Waals surface area contributed by atoms with Crippen molar-refractivity contribution < 1.29 is 4.74 Å². The van der Waals surface area contributed by atoms with Gasteiger partial charge in [-0.3, -0.25) is 0 Å². The summed E-state index contributed by atoms with van der Waals surface area (Å²) in [5, 5.41) is 3.41. The molecule has 0 saturated carbocycles. The van der Waals surface area contributed by atoms with E-state index in [1.165, 1.54) is 5.56 Å². The van der Waals surface area contributed by atoms with Gasteiger partial charge in [-0.2, -0.15) is 0 Å². The van der Waals surface area contributed by atoms with Crippen molar-refractivity contribution in [2.24, 2.45) is 0 Å². The molecule has 1 heterocycles. The molecule has 1 aliphatic heterocycles. The molecule has 1 aromatic carbocycles. The zero-order valence-electron chi connectivity index (χ0n) is 8.57. The van der Waals surface area contributed by atoms with Crippen molar-refractivity contribution in [3.8, 4) is 0 Å². The molecule has 1 fully saturated rings. The molecule has 2 heteroatoms. The predicted octanol–water partition coefficient (Wildman–Crippen LogP) is 2.13. The summed E-state index contributed by atoms with van der Waals surface area (Å²) in [4.78, 5) is 0. The van der Waals surface area contributed by atoms with Gasteiger partial charge in [-0.15, -0.1) is 0 Å². The van der Waals surface area contributed by atoms with Gasteiger partial charge in [-0.05, 0) is 12.0 Å². The first-order valence-electron chi connectivity index (χ1n) is 5.31. The van der Waals surface area contributed by atoms with E-state index < -0.39 is 0 Å². The Bertz CT molecular complexity index is 273. The Morgan fingerprint density at radius 2 is 2.07 bits per heavy atom. The standard InChI is InChI=1S/C12H17NO/c1-2-11-8-13-9-12(14-11)10-6-4-3-5-7-10/h3-7,11-13H,2,8-9H2,1H3. The second-order valence-electron chi connectivity index (χ2n) is 3.72. The van der Waals surface area contributed by atoms with Crippen LogP contribution >= 0.6 is 0 Å². The minimum Gasteiger partial charge on any atom is -0.368 e. The van der Waals surface area contributed by atoms with Crippen molar-refractivity contribution in [1.82, 2.24) is 5.32 Å². The van der Waals surface area contributed by atoms with Crippen LogP contribution in [-0.4, -0.2) is 19.2 Å². The first kappa shape index (κ1) is 9.69. The van der Waals surface area contributed by atoms with E-state index in [9.17, 15) is 0 Å². The highest BCUT2D eigenvalue weighted by molar-refractivity contribution is 5.18. The molecule has 14 heavy (non-hydrogen) atoms. The number of rotatable bonds is 2. The lowest BCUT2D eigenvalue weighted by atomic mass is 10.1. The first-order valence-corrected chi connectivity index (χ1v) is 5.31. The summed E-state index contributed by atoms with van der Waals surface area (Å²) < 4.78 is 5.96. The molecule has 0 radical (unpaired) electrons. The smallest absolute Gasteiger partial charge is 0.0953 e. The molecule has 2 atom stereocenters. The van der Waals surface area contributed by atoms with Crippen molar-refractivity contribution in [2.75, 3.05) is 13.1 Å². The van der Waals surface area contributed by atoms with Crippen LogP contribution in [-0.2, 0) is 4.74 Å². The third-order valence-corrected chi connectivity index (χ3v) is 2.69. The second kappa shape index (κ2) is 4.58. The molecule has 0 amide bonds. The summed E-state index contributed by atoms with van der Waals surface area (Å²) in [6.07, 6.45) is 1.68. The Balaban J connectivity index is 2.04. The third kappa shape index (κ3) is 2.14. The maximum absolute atomic E-state index is 5.96. The van der Waals surface area contributed by atoms with Crippen LogP contribution in [0.2, 0.25) is 0 Å². The zero-order chi connectivity index (χ0) is 9.80. The summed E-state index contributed by atoms with van der Waals surface area (Å²) in [5.74, 6) is 0. The zero-order valence-corrected chi connectivity index (χ0v) is 8.57. The molecule has 0 aromatic heterocycles. The lowest BCUT2D eigenvalue weighted by Crippen LogP contribution is -2.40. The molecule has 0 spiro atoms. The van der Waals surface area contributed by atoms with Crippen molar-refractivity contribution in [2.45, 2.75) is 25.6 Å². The van der Waals surface area contributed by atoms with Crippen molar-refractivity contribution in [3.05, 3.63) is 35.9 Å². The molecular weight excluding hydrogens is 174 g/mol. The highest BCUT2D eigenvalue weighted by Crippen LogP contribution is 2.21. The number of ether oxygens (including phenoxy) is 1. The minimum absolute atomic E-state index is 0.231. The molecule has 76 valence electrons. The van der Waals surface area contributed by atoms with Gasteiger partial charge < -0.3 is 10.1 Å². The van der Waals surface area contributed by atoms with Crippen LogP contribution in [0.15, 0.2) is 30.3 Å². The van der Waals surface area contributed by atoms with Crippen molar-refractivity contribution in [3.63, 3.8) is 0 Å². The van der Waals surface area contributed by atoms with E-state index >= 15 is 0 Å².